The van der Waals surface area contributed by atoms with Crippen molar-refractivity contribution in [3.63, 3.8) is 0 Å². The highest BCUT2D eigenvalue weighted by atomic mass is 16.5. The van der Waals surface area contributed by atoms with Crippen LogP contribution in [-0.4, -0.2) is 44.9 Å². The third-order valence-electron chi connectivity index (χ3n) is 3.37. The number of esters is 1. The van der Waals surface area contributed by atoms with Gasteiger partial charge in [0.2, 0.25) is 0 Å². The number of anilines is 1. The molecule has 0 unspecified atom stereocenters. The maximum absolute atomic E-state index is 11.7. The fourth-order valence-corrected chi connectivity index (χ4v) is 2.37. The summed E-state index contributed by atoms with van der Waals surface area (Å²) in [6.45, 7) is 5.35. The molecule has 5 nitrogen and oxygen atoms in total. The lowest BCUT2D eigenvalue weighted by Gasteiger charge is -2.31. The Bertz CT molecular complexity index is 444. The molecule has 1 aliphatic heterocycles. The van der Waals surface area contributed by atoms with Gasteiger partial charge in [-0.25, -0.2) is 0 Å². The first-order valence-electron chi connectivity index (χ1n) is 7.05. The molecule has 2 rings (SSSR count). The third kappa shape index (κ3) is 3.71. The summed E-state index contributed by atoms with van der Waals surface area (Å²) < 4.78 is 10.3. The molecule has 0 saturated carbocycles. The molecule has 0 bridgehead atoms. The van der Waals surface area contributed by atoms with Crippen molar-refractivity contribution in [3.8, 4) is 0 Å². The van der Waals surface area contributed by atoms with E-state index in [1.54, 1.807) is 6.92 Å². The first-order valence-corrected chi connectivity index (χ1v) is 7.05. The van der Waals surface area contributed by atoms with Crippen molar-refractivity contribution in [2.45, 2.75) is 19.4 Å². The van der Waals surface area contributed by atoms with E-state index in [-0.39, 0.29) is 5.97 Å². The Morgan fingerprint density at radius 2 is 2.10 bits per heavy atom. The number of nitrogens with zero attached hydrogens (tertiary/aromatic N) is 1. The van der Waals surface area contributed by atoms with E-state index in [9.17, 15) is 4.79 Å². The number of morpholine rings is 1. The number of hydrogen-bond acceptors (Lipinski definition) is 5. The van der Waals surface area contributed by atoms with Crippen LogP contribution in [0.3, 0.4) is 0 Å². The van der Waals surface area contributed by atoms with Gasteiger partial charge in [0.25, 0.3) is 0 Å². The second-order valence-electron chi connectivity index (χ2n) is 4.79. The lowest BCUT2D eigenvalue weighted by Crippen LogP contribution is -2.38. The fourth-order valence-electron chi connectivity index (χ4n) is 2.37. The lowest BCUT2D eigenvalue weighted by molar-refractivity contribution is -0.144. The number of carbonyl (C=O) groups excluding carboxylic acids is 1. The molecule has 1 aliphatic rings. The lowest BCUT2D eigenvalue weighted by atomic mass is 10.0. The van der Waals surface area contributed by atoms with Crippen molar-refractivity contribution >= 4 is 11.7 Å². The molecule has 20 heavy (non-hydrogen) atoms. The summed E-state index contributed by atoms with van der Waals surface area (Å²) in [6, 6.07) is 7.45. The SMILES string of the molecule is CCOC(=O)[C@@H](N)Cc1ccccc1N1CCOCC1. The third-order valence-corrected chi connectivity index (χ3v) is 3.37. The van der Waals surface area contributed by atoms with Gasteiger partial charge in [0.1, 0.15) is 6.04 Å². The molecule has 5 heteroatoms. The quantitative estimate of drug-likeness (QED) is 0.813. The van der Waals surface area contributed by atoms with Crippen molar-refractivity contribution in [1.82, 2.24) is 0 Å². The molecule has 1 aromatic rings. The average Bonchev–Trinajstić information content (AvgIpc) is 2.49. The molecule has 0 radical (unpaired) electrons. The van der Waals surface area contributed by atoms with E-state index in [1.807, 2.05) is 18.2 Å². The highest BCUT2D eigenvalue weighted by molar-refractivity contribution is 5.76. The molecular formula is C15H22N2O3. The average molecular weight is 278 g/mol. The summed E-state index contributed by atoms with van der Waals surface area (Å²) in [7, 11) is 0. The molecule has 0 aliphatic carbocycles. The molecule has 0 spiro atoms. The molecule has 110 valence electrons. The van der Waals surface area contributed by atoms with E-state index < -0.39 is 6.04 Å². The minimum Gasteiger partial charge on any atom is -0.465 e. The minimum absolute atomic E-state index is 0.343. The summed E-state index contributed by atoms with van der Waals surface area (Å²) in [5, 5.41) is 0. The molecule has 1 fully saturated rings. The Morgan fingerprint density at radius 1 is 1.40 bits per heavy atom. The zero-order valence-electron chi connectivity index (χ0n) is 11.9. The highest BCUT2D eigenvalue weighted by Gasteiger charge is 2.19. The predicted molar refractivity (Wildman–Crippen MR) is 77.8 cm³/mol. The van der Waals surface area contributed by atoms with E-state index in [0.29, 0.717) is 13.0 Å². The van der Waals surface area contributed by atoms with Crippen LogP contribution in [0.15, 0.2) is 24.3 Å². The normalized spacial score (nSPS) is 16.8. The van der Waals surface area contributed by atoms with Crippen molar-refractivity contribution in [3.05, 3.63) is 29.8 Å². The Labute approximate surface area is 119 Å². The Morgan fingerprint density at radius 3 is 2.80 bits per heavy atom. The van der Waals surface area contributed by atoms with Crippen LogP contribution in [-0.2, 0) is 20.7 Å². The van der Waals surface area contributed by atoms with Gasteiger partial charge >= 0.3 is 5.97 Å². The van der Waals surface area contributed by atoms with Gasteiger partial charge in [-0.15, -0.1) is 0 Å². The topological polar surface area (TPSA) is 64.8 Å². The summed E-state index contributed by atoms with van der Waals surface area (Å²) in [6.07, 6.45) is 0.492. The highest BCUT2D eigenvalue weighted by Crippen LogP contribution is 2.22. The molecule has 1 atom stereocenters. The van der Waals surface area contributed by atoms with Gasteiger partial charge in [0.15, 0.2) is 0 Å². The first-order chi connectivity index (χ1) is 9.72. The number of nitrogens with two attached hydrogens (primary N) is 1. The van der Waals surface area contributed by atoms with Crippen LogP contribution in [0, 0.1) is 0 Å². The van der Waals surface area contributed by atoms with Crippen LogP contribution >= 0.6 is 0 Å². The van der Waals surface area contributed by atoms with Gasteiger partial charge < -0.3 is 20.1 Å². The van der Waals surface area contributed by atoms with E-state index in [0.717, 1.165) is 37.6 Å². The van der Waals surface area contributed by atoms with Gasteiger partial charge in [0, 0.05) is 25.2 Å². The number of benzene rings is 1. The van der Waals surface area contributed by atoms with Gasteiger partial charge in [-0.1, -0.05) is 18.2 Å². The zero-order valence-corrected chi connectivity index (χ0v) is 11.9. The predicted octanol–water partition coefficient (Wildman–Crippen LogP) is 0.956. The Balaban J connectivity index is 2.09. The molecule has 0 amide bonds. The maximum atomic E-state index is 11.7. The zero-order chi connectivity index (χ0) is 14.4. The van der Waals surface area contributed by atoms with Crippen LogP contribution in [0.2, 0.25) is 0 Å². The first kappa shape index (κ1) is 14.8. The van der Waals surface area contributed by atoms with Crippen molar-refractivity contribution in [2.24, 2.45) is 5.73 Å². The van der Waals surface area contributed by atoms with Crippen LogP contribution in [0.1, 0.15) is 12.5 Å². The van der Waals surface area contributed by atoms with Crippen LogP contribution < -0.4 is 10.6 Å². The van der Waals surface area contributed by atoms with Gasteiger partial charge in [0.05, 0.1) is 19.8 Å². The second kappa shape index (κ2) is 7.26. The van der Waals surface area contributed by atoms with Crippen molar-refractivity contribution in [1.29, 1.82) is 0 Å². The van der Waals surface area contributed by atoms with E-state index in [1.165, 1.54) is 0 Å². The van der Waals surface area contributed by atoms with Crippen LogP contribution in [0.25, 0.3) is 0 Å². The number of carbonyl (C=O) groups is 1. The Kier molecular flexibility index (Phi) is 5.38. The van der Waals surface area contributed by atoms with E-state index in [2.05, 4.69) is 11.0 Å². The molecular weight excluding hydrogens is 256 g/mol. The standard InChI is InChI=1S/C15H22N2O3/c1-2-20-15(18)13(16)11-12-5-3-4-6-14(12)17-7-9-19-10-8-17/h3-6,13H,2,7-11,16H2,1H3/t13-/m0/s1. The number of ether oxygens (including phenoxy) is 2. The van der Waals surface area contributed by atoms with Gasteiger partial charge in [-0.05, 0) is 18.6 Å². The molecule has 2 N–H and O–H groups in total. The molecule has 1 saturated heterocycles. The maximum Gasteiger partial charge on any atom is 0.323 e. The van der Waals surface area contributed by atoms with Crippen molar-refractivity contribution in [2.75, 3.05) is 37.8 Å². The number of hydrogen-bond donors (Lipinski definition) is 1. The number of rotatable bonds is 5. The second-order valence-corrected chi connectivity index (χ2v) is 4.79. The molecule has 0 aromatic heterocycles. The minimum atomic E-state index is -0.614. The van der Waals surface area contributed by atoms with E-state index in [4.69, 9.17) is 15.2 Å². The summed E-state index contributed by atoms with van der Waals surface area (Å²) >= 11 is 0. The fraction of sp³-hybridized carbons (Fsp3) is 0.533. The number of para-hydroxylation sites is 1. The summed E-state index contributed by atoms with van der Waals surface area (Å²) in [5.74, 6) is -0.343. The van der Waals surface area contributed by atoms with E-state index >= 15 is 0 Å². The molecule has 1 heterocycles. The largest absolute Gasteiger partial charge is 0.465 e. The van der Waals surface area contributed by atoms with Crippen LogP contribution in [0.5, 0.6) is 0 Å². The monoisotopic (exact) mass is 278 g/mol. The van der Waals surface area contributed by atoms with Gasteiger partial charge in [-0.3, -0.25) is 4.79 Å². The van der Waals surface area contributed by atoms with Gasteiger partial charge in [-0.2, -0.15) is 0 Å². The van der Waals surface area contributed by atoms with Crippen molar-refractivity contribution < 1.29 is 14.3 Å². The molecule has 1 aromatic carbocycles. The Hall–Kier alpha value is -1.59. The summed E-state index contributed by atoms with van der Waals surface area (Å²) in [4.78, 5) is 13.9. The van der Waals surface area contributed by atoms with Crippen LogP contribution in [0.4, 0.5) is 5.69 Å². The smallest absolute Gasteiger partial charge is 0.323 e. The summed E-state index contributed by atoms with van der Waals surface area (Å²) in [5.41, 5.74) is 8.13.